The lowest BCUT2D eigenvalue weighted by molar-refractivity contribution is 0.0814. The molecule has 14 heavy (non-hydrogen) atoms. The average Bonchev–Trinajstić information content (AvgIpc) is 2.68. The number of urea groups is 1. The quantitative estimate of drug-likeness (QED) is 0.720. The molecule has 82 valence electrons. The Morgan fingerprint density at radius 3 is 2.36 bits per heavy atom. The van der Waals surface area contributed by atoms with Crippen molar-refractivity contribution in [2.45, 2.75) is 32.2 Å². The van der Waals surface area contributed by atoms with Crippen LogP contribution in [0.15, 0.2) is 0 Å². The number of nitrogens with zero attached hydrogens (tertiary/aromatic N) is 2. The van der Waals surface area contributed by atoms with Gasteiger partial charge < -0.3 is 14.9 Å². The summed E-state index contributed by atoms with van der Waals surface area (Å²) in [6.45, 7) is 5.42. The van der Waals surface area contributed by atoms with E-state index < -0.39 is 5.54 Å². The molecule has 1 aliphatic rings. The minimum atomic E-state index is -0.473. The summed E-state index contributed by atoms with van der Waals surface area (Å²) in [4.78, 5) is 15.4. The molecule has 1 rings (SSSR count). The number of likely N-dealkylation sites (tertiary alicyclic amines) is 1. The Kier molecular flexibility index (Phi) is 3.37. The van der Waals surface area contributed by atoms with Crippen molar-refractivity contribution in [2.24, 2.45) is 0 Å². The highest BCUT2D eigenvalue weighted by molar-refractivity contribution is 5.75. The third kappa shape index (κ3) is 2.18. The summed E-state index contributed by atoms with van der Waals surface area (Å²) in [5.41, 5.74) is -0.473. The standard InChI is InChI=1S/C10H20N2O2/c1-10(2,8-13)11(3)9(14)12-6-4-5-7-12/h13H,4-8H2,1-3H3. The lowest BCUT2D eigenvalue weighted by atomic mass is 10.1. The maximum absolute atomic E-state index is 11.9. The highest BCUT2D eigenvalue weighted by Crippen LogP contribution is 2.16. The number of aliphatic hydroxyl groups is 1. The van der Waals surface area contributed by atoms with Crippen molar-refractivity contribution in [3.05, 3.63) is 0 Å². The van der Waals surface area contributed by atoms with Crippen LogP contribution in [-0.4, -0.2) is 53.2 Å². The molecule has 0 atom stereocenters. The molecule has 4 heteroatoms. The lowest BCUT2D eigenvalue weighted by Crippen LogP contribution is -2.52. The highest BCUT2D eigenvalue weighted by Gasteiger charge is 2.30. The van der Waals surface area contributed by atoms with Crippen molar-refractivity contribution in [1.82, 2.24) is 9.80 Å². The van der Waals surface area contributed by atoms with Gasteiger partial charge in [-0.2, -0.15) is 0 Å². The normalized spacial score (nSPS) is 17.3. The first-order chi connectivity index (χ1) is 6.49. The van der Waals surface area contributed by atoms with Crippen LogP contribution in [0.3, 0.4) is 0 Å². The first-order valence-corrected chi connectivity index (χ1v) is 5.12. The number of likely N-dealkylation sites (N-methyl/N-ethyl adjacent to an activating group) is 1. The minimum Gasteiger partial charge on any atom is -0.394 e. The first-order valence-electron chi connectivity index (χ1n) is 5.12. The predicted molar refractivity (Wildman–Crippen MR) is 55.1 cm³/mol. The van der Waals surface area contributed by atoms with Crippen LogP contribution in [0, 0.1) is 0 Å². The molecule has 0 unspecified atom stereocenters. The van der Waals surface area contributed by atoms with Gasteiger partial charge in [0.2, 0.25) is 0 Å². The van der Waals surface area contributed by atoms with E-state index >= 15 is 0 Å². The monoisotopic (exact) mass is 200 g/mol. The van der Waals surface area contributed by atoms with Gasteiger partial charge in [-0.3, -0.25) is 0 Å². The molecule has 0 aromatic heterocycles. The lowest BCUT2D eigenvalue weighted by Gasteiger charge is -2.36. The van der Waals surface area contributed by atoms with E-state index in [2.05, 4.69) is 0 Å². The second-order valence-electron chi connectivity index (χ2n) is 4.51. The predicted octanol–water partition coefficient (Wildman–Crippen LogP) is 0.905. The molecule has 2 amide bonds. The first kappa shape index (κ1) is 11.3. The molecular weight excluding hydrogens is 180 g/mol. The molecule has 0 aromatic carbocycles. The van der Waals surface area contributed by atoms with Crippen molar-refractivity contribution >= 4 is 6.03 Å². The molecule has 0 spiro atoms. The van der Waals surface area contributed by atoms with Crippen molar-refractivity contribution in [3.8, 4) is 0 Å². The van der Waals surface area contributed by atoms with Gasteiger partial charge in [0.1, 0.15) is 0 Å². The Morgan fingerprint density at radius 2 is 1.93 bits per heavy atom. The number of carbonyl (C=O) groups excluding carboxylic acids is 1. The highest BCUT2D eigenvalue weighted by atomic mass is 16.3. The third-order valence-electron chi connectivity index (χ3n) is 2.96. The van der Waals surface area contributed by atoms with E-state index in [9.17, 15) is 4.79 Å². The minimum absolute atomic E-state index is 0.0108. The Morgan fingerprint density at radius 1 is 1.43 bits per heavy atom. The topological polar surface area (TPSA) is 43.8 Å². The Bertz CT molecular complexity index is 210. The molecule has 0 bridgehead atoms. The maximum Gasteiger partial charge on any atom is 0.320 e. The fraction of sp³-hybridized carbons (Fsp3) is 0.900. The zero-order valence-corrected chi connectivity index (χ0v) is 9.29. The number of hydrogen-bond donors (Lipinski definition) is 1. The van der Waals surface area contributed by atoms with Crippen LogP contribution >= 0.6 is 0 Å². The fourth-order valence-electron chi connectivity index (χ4n) is 1.49. The number of amides is 2. The molecule has 0 radical (unpaired) electrons. The second kappa shape index (κ2) is 4.17. The van der Waals surface area contributed by atoms with Crippen LogP contribution in [0.2, 0.25) is 0 Å². The zero-order valence-electron chi connectivity index (χ0n) is 9.29. The van der Waals surface area contributed by atoms with Crippen LogP contribution in [0.1, 0.15) is 26.7 Å². The Hall–Kier alpha value is -0.770. The molecular formula is C10H20N2O2. The Labute approximate surface area is 85.5 Å². The largest absolute Gasteiger partial charge is 0.394 e. The van der Waals surface area contributed by atoms with Crippen LogP contribution < -0.4 is 0 Å². The van der Waals surface area contributed by atoms with Gasteiger partial charge in [-0.05, 0) is 26.7 Å². The molecule has 4 nitrogen and oxygen atoms in total. The van der Waals surface area contributed by atoms with Crippen molar-refractivity contribution in [3.63, 3.8) is 0 Å². The number of aliphatic hydroxyl groups excluding tert-OH is 1. The SMILES string of the molecule is CN(C(=O)N1CCCC1)C(C)(C)CO. The average molecular weight is 200 g/mol. The Balaban J connectivity index is 2.59. The van der Waals surface area contributed by atoms with Gasteiger partial charge in [0.15, 0.2) is 0 Å². The number of rotatable bonds is 2. The van der Waals surface area contributed by atoms with Gasteiger partial charge in [-0.1, -0.05) is 0 Å². The van der Waals surface area contributed by atoms with E-state index in [4.69, 9.17) is 5.11 Å². The van der Waals surface area contributed by atoms with Crippen LogP contribution in [0.4, 0.5) is 4.79 Å². The van der Waals surface area contributed by atoms with Gasteiger partial charge in [0.05, 0.1) is 12.1 Å². The summed E-state index contributed by atoms with van der Waals surface area (Å²) < 4.78 is 0. The van der Waals surface area contributed by atoms with Gasteiger partial charge in [-0.15, -0.1) is 0 Å². The molecule has 0 saturated carbocycles. The molecule has 1 aliphatic heterocycles. The van der Waals surface area contributed by atoms with Gasteiger partial charge in [0, 0.05) is 20.1 Å². The third-order valence-corrected chi connectivity index (χ3v) is 2.96. The summed E-state index contributed by atoms with van der Waals surface area (Å²) in [6.07, 6.45) is 2.19. The zero-order chi connectivity index (χ0) is 10.8. The van der Waals surface area contributed by atoms with E-state index in [-0.39, 0.29) is 12.6 Å². The molecule has 0 aromatic rings. The maximum atomic E-state index is 11.9. The van der Waals surface area contributed by atoms with E-state index in [0.29, 0.717) is 0 Å². The van der Waals surface area contributed by atoms with E-state index in [0.717, 1.165) is 25.9 Å². The van der Waals surface area contributed by atoms with Crippen LogP contribution in [0.5, 0.6) is 0 Å². The molecule has 1 fully saturated rings. The summed E-state index contributed by atoms with van der Waals surface area (Å²) in [5.74, 6) is 0. The fourth-order valence-corrected chi connectivity index (χ4v) is 1.49. The molecule has 0 aliphatic carbocycles. The van der Waals surface area contributed by atoms with E-state index in [1.165, 1.54) is 0 Å². The summed E-state index contributed by atoms with van der Waals surface area (Å²) in [6, 6.07) is 0.0292. The van der Waals surface area contributed by atoms with Gasteiger partial charge >= 0.3 is 6.03 Å². The van der Waals surface area contributed by atoms with Crippen molar-refractivity contribution in [2.75, 3.05) is 26.7 Å². The number of hydrogen-bond acceptors (Lipinski definition) is 2. The van der Waals surface area contributed by atoms with E-state index in [1.807, 2.05) is 18.7 Å². The molecule has 1 heterocycles. The summed E-state index contributed by atoms with van der Waals surface area (Å²) >= 11 is 0. The van der Waals surface area contributed by atoms with Crippen molar-refractivity contribution in [1.29, 1.82) is 0 Å². The summed E-state index contributed by atoms with van der Waals surface area (Å²) in [5, 5.41) is 9.14. The molecule has 1 saturated heterocycles. The van der Waals surface area contributed by atoms with Crippen LogP contribution in [0.25, 0.3) is 0 Å². The second-order valence-corrected chi connectivity index (χ2v) is 4.51. The van der Waals surface area contributed by atoms with Gasteiger partial charge in [-0.25, -0.2) is 4.79 Å². The number of carbonyl (C=O) groups is 1. The van der Waals surface area contributed by atoms with Crippen LogP contribution in [-0.2, 0) is 0 Å². The van der Waals surface area contributed by atoms with E-state index in [1.54, 1.807) is 11.9 Å². The van der Waals surface area contributed by atoms with Crippen molar-refractivity contribution < 1.29 is 9.90 Å². The van der Waals surface area contributed by atoms with Gasteiger partial charge in [0.25, 0.3) is 0 Å². The summed E-state index contributed by atoms with van der Waals surface area (Å²) in [7, 11) is 1.75. The molecule has 1 N–H and O–H groups in total. The smallest absolute Gasteiger partial charge is 0.320 e.